The maximum absolute atomic E-state index is 11.7. The van der Waals surface area contributed by atoms with Gasteiger partial charge in [0.15, 0.2) is 6.61 Å². The molecule has 180 valence electrons. The van der Waals surface area contributed by atoms with Gasteiger partial charge >= 0.3 is 23.9 Å². The van der Waals surface area contributed by atoms with Crippen LogP contribution >= 0.6 is 0 Å². The first-order chi connectivity index (χ1) is 14.8. The minimum Gasteiger partial charge on any atom is -0.482 e. The van der Waals surface area contributed by atoms with Gasteiger partial charge in [-0.25, -0.2) is 19.2 Å². The summed E-state index contributed by atoms with van der Waals surface area (Å²) in [5, 5.41) is 32.4. The zero-order valence-corrected chi connectivity index (χ0v) is 18.3. The molecule has 0 radical (unpaired) electrons. The maximum atomic E-state index is 11.7. The van der Waals surface area contributed by atoms with E-state index < -0.39 is 23.9 Å². The largest absolute Gasteiger partial charge is 0.482 e. The van der Waals surface area contributed by atoms with Crippen molar-refractivity contribution in [2.45, 2.75) is 26.7 Å². The van der Waals surface area contributed by atoms with Gasteiger partial charge in [0, 0.05) is 12.2 Å². The van der Waals surface area contributed by atoms with Crippen LogP contribution < -0.4 is 10.1 Å². The molecule has 5 N–H and O–H groups in total. The van der Waals surface area contributed by atoms with Gasteiger partial charge in [0.25, 0.3) is 5.91 Å². The van der Waals surface area contributed by atoms with Gasteiger partial charge in [-0.15, -0.1) is 0 Å². The van der Waals surface area contributed by atoms with Gasteiger partial charge in [0.2, 0.25) is 0 Å². The van der Waals surface area contributed by atoms with Crippen LogP contribution in [-0.4, -0.2) is 93.9 Å². The third kappa shape index (κ3) is 17.1. The van der Waals surface area contributed by atoms with Crippen molar-refractivity contribution in [1.82, 2.24) is 15.2 Å². The van der Waals surface area contributed by atoms with Gasteiger partial charge in [-0.2, -0.15) is 0 Å². The normalized spacial score (nSPS) is 9.41. The molecule has 1 amide bonds. The number of ether oxygens (including phenoxy) is 1. The molecule has 1 heterocycles. The zero-order valence-electron chi connectivity index (χ0n) is 18.3. The summed E-state index contributed by atoms with van der Waals surface area (Å²) in [6, 6.07) is 3.77. The van der Waals surface area contributed by atoms with E-state index in [4.69, 9.17) is 44.3 Å². The number of carbonyl (C=O) groups is 5. The van der Waals surface area contributed by atoms with Crippen LogP contribution in [0.5, 0.6) is 5.75 Å². The molecule has 0 aliphatic heterocycles. The summed E-state index contributed by atoms with van der Waals surface area (Å²) in [5.41, 5.74) is 1.85. The highest BCUT2D eigenvalue weighted by Gasteiger charge is 2.07. The summed E-state index contributed by atoms with van der Waals surface area (Å²) in [6.45, 7) is 5.65. The molecule has 0 saturated carbocycles. The molecule has 0 spiro atoms. The van der Waals surface area contributed by atoms with Crippen LogP contribution in [0.4, 0.5) is 0 Å². The number of aromatic nitrogens is 1. The fourth-order valence-electron chi connectivity index (χ4n) is 1.80. The lowest BCUT2D eigenvalue weighted by Gasteiger charge is -2.12. The average Bonchev–Trinajstić information content (AvgIpc) is 2.70. The molecule has 0 bridgehead atoms. The maximum Gasteiger partial charge on any atom is 0.414 e. The Labute approximate surface area is 184 Å². The van der Waals surface area contributed by atoms with E-state index in [2.05, 4.69) is 15.2 Å². The molecule has 0 saturated heterocycles. The molecular formula is C19H29N3O10. The Hall–Kier alpha value is -3.74. The van der Waals surface area contributed by atoms with E-state index in [9.17, 15) is 4.79 Å². The molecule has 13 heteroatoms. The highest BCUT2D eigenvalue weighted by molar-refractivity contribution is 6.27. The molecule has 13 nitrogen and oxygen atoms in total. The van der Waals surface area contributed by atoms with E-state index in [0.717, 1.165) is 30.8 Å². The molecule has 0 fully saturated rings. The van der Waals surface area contributed by atoms with Crippen molar-refractivity contribution in [2.75, 3.05) is 33.8 Å². The van der Waals surface area contributed by atoms with Crippen LogP contribution in [-0.2, 0) is 30.4 Å². The summed E-state index contributed by atoms with van der Waals surface area (Å²) in [4.78, 5) is 54.5. The second kappa shape index (κ2) is 17.0. The van der Waals surface area contributed by atoms with Crippen LogP contribution in [0.15, 0.2) is 12.1 Å². The van der Waals surface area contributed by atoms with Gasteiger partial charge in [-0.05, 0) is 52.5 Å². The lowest BCUT2D eigenvalue weighted by molar-refractivity contribution is -0.159. The SMILES string of the molecule is CCc1nc(C)ccc1OCC(=O)NCCCN(C)C.O=C(O)C(=O)O.O=C(O)C(=O)O. The Kier molecular flexibility index (Phi) is 16.2. The van der Waals surface area contributed by atoms with Crippen molar-refractivity contribution in [3.63, 3.8) is 0 Å². The molecule has 1 aromatic rings. The minimum atomic E-state index is -1.82. The standard InChI is InChI=1S/C15H25N3O2.2C2H2O4/c1-5-13-14(8-7-12(2)17-13)20-11-15(19)16-9-6-10-18(3)4;2*3-1(4)2(5)6/h7-8H,5-6,9-11H2,1-4H3,(H,16,19);2*(H,3,4)(H,5,6). The first-order valence-electron chi connectivity index (χ1n) is 9.24. The summed E-state index contributed by atoms with van der Waals surface area (Å²) < 4.78 is 5.54. The lowest BCUT2D eigenvalue weighted by Crippen LogP contribution is -2.31. The molecule has 0 atom stereocenters. The lowest BCUT2D eigenvalue weighted by atomic mass is 10.2. The van der Waals surface area contributed by atoms with E-state index in [1.807, 2.05) is 40.1 Å². The van der Waals surface area contributed by atoms with Crippen LogP contribution in [0.3, 0.4) is 0 Å². The van der Waals surface area contributed by atoms with Crippen molar-refractivity contribution in [2.24, 2.45) is 0 Å². The van der Waals surface area contributed by atoms with E-state index in [-0.39, 0.29) is 12.5 Å². The number of pyridine rings is 1. The van der Waals surface area contributed by atoms with Crippen LogP contribution in [0.1, 0.15) is 24.7 Å². The number of rotatable bonds is 8. The predicted octanol–water partition coefficient (Wildman–Crippen LogP) is -0.290. The van der Waals surface area contributed by atoms with E-state index in [0.29, 0.717) is 12.3 Å². The Bertz CT molecular complexity index is 733. The fraction of sp³-hybridized carbons (Fsp3) is 0.474. The van der Waals surface area contributed by atoms with Gasteiger partial charge in [-0.3, -0.25) is 9.78 Å². The van der Waals surface area contributed by atoms with Crippen LogP contribution in [0.2, 0.25) is 0 Å². The Balaban J connectivity index is 0. The molecule has 32 heavy (non-hydrogen) atoms. The van der Waals surface area contributed by atoms with Gasteiger partial charge < -0.3 is 35.4 Å². The summed E-state index contributed by atoms with van der Waals surface area (Å²) >= 11 is 0. The zero-order chi connectivity index (χ0) is 25.3. The van der Waals surface area contributed by atoms with Crippen molar-refractivity contribution in [3.05, 3.63) is 23.5 Å². The quantitative estimate of drug-likeness (QED) is 0.251. The first kappa shape index (κ1) is 30.5. The number of amides is 1. The smallest absolute Gasteiger partial charge is 0.414 e. The molecule has 0 aromatic carbocycles. The fourth-order valence-corrected chi connectivity index (χ4v) is 1.80. The Morgan fingerprint density at radius 2 is 1.47 bits per heavy atom. The number of nitrogens with one attached hydrogen (secondary N) is 1. The molecular weight excluding hydrogens is 430 g/mol. The number of carboxylic acids is 4. The van der Waals surface area contributed by atoms with Crippen molar-refractivity contribution >= 4 is 29.8 Å². The minimum absolute atomic E-state index is 0.0414. The second-order valence-electron chi connectivity index (χ2n) is 6.27. The van der Waals surface area contributed by atoms with Gasteiger partial charge in [-0.1, -0.05) is 6.92 Å². The highest BCUT2D eigenvalue weighted by Crippen LogP contribution is 2.17. The number of nitrogens with zero attached hydrogens (tertiary/aromatic N) is 2. The van der Waals surface area contributed by atoms with E-state index >= 15 is 0 Å². The summed E-state index contributed by atoms with van der Waals surface area (Å²) in [5.74, 6) is -6.69. The van der Waals surface area contributed by atoms with E-state index in [1.165, 1.54) is 0 Å². The second-order valence-corrected chi connectivity index (χ2v) is 6.27. The number of carbonyl (C=O) groups excluding carboxylic acids is 1. The molecule has 0 unspecified atom stereocenters. The van der Waals surface area contributed by atoms with Crippen molar-refractivity contribution in [3.8, 4) is 5.75 Å². The number of aliphatic carboxylic acids is 4. The van der Waals surface area contributed by atoms with Crippen molar-refractivity contribution < 1.29 is 49.1 Å². The predicted molar refractivity (Wildman–Crippen MR) is 111 cm³/mol. The molecule has 1 aromatic heterocycles. The Morgan fingerprint density at radius 1 is 0.969 bits per heavy atom. The average molecular weight is 459 g/mol. The summed E-state index contributed by atoms with van der Waals surface area (Å²) in [6.07, 6.45) is 1.73. The number of hydrogen-bond donors (Lipinski definition) is 5. The summed E-state index contributed by atoms with van der Waals surface area (Å²) in [7, 11) is 4.03. The van der Waals surface area contributed by atoms with E-state index in [1.54, 1.807) is 0 Å². The van der Waals surface area contributed by atoms with Crippen LogP contribution in [0, 0.1) is 6.92 Å². The topological polar surface area (TPSA) is 204 Å². The monoisotopic (exact) mass is 459 g/mol. The first-order valence-corrected chi connectivity index (χ1v) is 9.24. The van der Waals surface area contributed by atoms with Gasteiger partial charge in [0.05, 0.1) is 5.69 Å². The molecule has 0 aliphatic carbocycles. The number of carboxylic acid groups (broad SMARTS) is 4. The Morgan fingerprint density at radius 3 is 1.88 bits per heavy atom. The third-order valence-electron chi connectivity index (χ3n) is 3.24. The highest BCUT2D eigenvalue weighted by atomic mass is 16.5. The molecule has 0 aliphatic rings. The van der Waals surface area contributed by atoms with Crippen LogP contribution in [0.25, 0.3) is 0 Å². The number of hydrogen-bond acceptors (Lipinski definition) is 8. The third-order valence-corrected chi connectivity index (χ3v) is 3.24. The molecule has 1 rings (SSSR count). The number of aryl methyl sites for hydroxylation is 2. The van der Waals surface area contributed by atoms with Crippen molar-refractivity contribution in [1.29, 1.82) is 0 Å². The van der Waals surface area contributed by atoms with Gasteiger partial charge in [0.1, 0.15) is 5.75 Å².